The molecule has 0 aliphatic rings. The molecule has 17 heavy (non-hydrogen) atoms. The molecule has 0 bridgehead atoms. The van der Waals surface area contributed by atoms with Gasteiger partial charge in [0, 0.05) is 11.6 Å². The highest BCUT2D eigenvalue weighted by atomic mass is 35.5. The number of rotatable bonds is 1. The number of halogens is 2. The molecule has 0 spiro atoms. The number of fused-ring (bicyclic) bond motifs is 1. The average Bonchev–Trinajstić information content (AvgIpc) is 2.72. The van der Waals surface area contributed by atoms with E-state index in [1.54, 1.807) is 6.07 Å². The second-order valence-electron chi connectivity index (χ2n) is 3.84. The SMILES string of the molecule is Fc1ccc2c(ccn2-c2ccccc2Cl)c1. The van der Waals surface area contributed by atoms with Crippen molar-refractivity contribution in [3.8, 4) is 5.69 Å². The maximum absolute atomic E-state index is 13.1. The Morgan fingerprint density at radius 3 is 2.65 bits per heavy atom. The molecule has 0 saturated carbocycles. The third-order valence-electron chi connectivity index (χ3n) is 2.76. The Morgan fingerprint density at radius 1 is 1.00 bits per heavy atom. The molecule has 0 saturated heterocycles. The highest BCUT2D eigenvalue weighted by Gasteiger charge is 2.06. The highest BCUT2D eigenvalue weighted by molar-refractivity contribution is 6.32. The molecule has 0 N–H and O–H groups in total. The Morgan fingerprint density at radius 2 is 1.82 bits per heavy atom. The summed E-state index contributed by atoms with van der Waals surface area (Å²) in [4.78, 5) is 0. The molecular formula is C14H9ClFN. The second kappa shape index (κ2) is 3.90. The van der Waals surface area contributed by atoms with E-state index in [0.717, 1.165) is 16.6 Å². The lowest BCUT2D eigenvalue weighted by molar-refractivity contribution is 0.629. The van der Waals surface area contributed by atoms with Crippen LogP contribution in [0, 0.1) is 5.82 Å². The van der Waals surface area contributed by atoms with Crippen LogP contribution in [0.4, 0.5) is 4.39 Å². The first kappa shape index (κ1) is 10.4. The predicted molar refractivity (Wildman–Crippen MR) is 68.2 cm³/mol. The van der Waals surface area contributed by atoms with Crippen molar-refractivity contribution in [1.29, 1.82) is 0 Å². The first-order chi connectivity index (χ1) is 8.25. The molecular weight excluding hydrogens is 237 g/mol. The van der Waals surface area contributed by atoms with E-state index in [1.807, 2.05) is 41.1 Å². The van der Waals surface area contributed by atoms with Crippen LogP contribution in [0.1, 0.15) is 0 Å². The molecule has 1 heterocycles. The van der Waals surface area contributed by atoms with Gasteiger partial charge in [-0.2, -0.15) is 0 Å². The summed E-state index contributed by atoms with van der Waals surface area (Å²) in [7, 11) is 0. The number of nitrogens with zero attached hydrogens (tertiary/aromatic N) is 1. The maximum atomic E-state index is 13.1. The van der Waals surface area contributed by atoms with Gasteiger partial charge in [0.2, 0.25) is 0 Å². The summed E-state index contributed by atoms with van der Waals surface area (Å²) in [6.07, 6.45) is 1.89. The molecule has 0 aliphatic carbocycles. The first-order valence-corrected chi connectivity index (χ1v) is 5.65. The Kier molecular flexibility index (Phi) is 2.37. The van der Waals surface area contributed by atoms with Crippen LogP contribution in [-0.2, 0) is 0 Å². The van der Waals surface area contributed by atoms with Gasteiger partial charge in [-0.1, -0.05) is 23.7 Å². The summed E-state index contributed by atoms with van der Waals surface area (Å²) in [6, 6.07) is 14.2. The van der Waals surface area contributed by atoms with Crippen molar-refractivity contribution in [1.82, 2.24) is 4.57 Å². The molecule has 84 valence electrons. The summed E-state index contributed by atoms with van der Waals surface area (Å²) in [5, 5.41) is 1.54. The Balaban J connectivity index is 2.29. The average molecular weight is 246 g/mol. The minimum atomic E-state index is -0.227. The summed E-state index contributed by atoms with van der Waals surface area (Å²) >= 11 is 6.15. The quantitative estimate of drug-likeness (QED) is 0.598. The lowest BCUT2D eigenvalue weighted by atomic mass is 10.2. The molecule has 0 fully saturated rings. The monoisotopic (exact) mass is 245 g/mol. The lowest BCUT2D eigenvalue weighted by Gasteiger charge is -2.07. The molecule has 0 amide bonds. The lowest BCUT2D eigenvalue weighted by Crippen LogP contribution is -1.92. The Bertz CT molecular complexity index is 688. The second-order valence-corrected chi connectivity index (χ2v) is 4.25. The van der Waals surface area contributed by atoms with Crippen molar-refractivity contribution >= 4 is 22.5 Å². The third kappa shape index (κ3) is 1.71. The van der Waals surface area contributed by atoms with Gasteiger partial charge in [0.1, 0.15) is 5.82 Å². The number of aromatic nitrogens is 1. The van der Waals surface area contributed by atoms with Gasteiger partial charge in [0.05, 0.1) is 16.2 Å². The number of hydrogen-bond acceptors (Lipinski definition) is 0. The summed E-state index contributed by atoms with van der Waals surface area (Å²) in [5.41, 5.74) is 1.84. The third-order valence-corrected chi connectivity index (χ3v) is 3.08. The molecule has 1 nitrogen and oxygen atoms in total. The van der Waals surface area contributed by atoms with Gasteiger partial charge in [0.25, 0.3) is 0 Å². The minimum absolute atomic E-state index is 0.227. The largest absolute Gasteiger partial charge is 0.315 e. The van der Waals surface area contributed by atoms with Crippen molar-refractivity contribution < 1.29 is 4.39 Å². The normalized spacial score (nSPS) is 10.9. The molecule has 0 radical (unpaired) electrons. The molecule has 0 aliphatic heterocycles. The smallest absolute Gasteiger partial charge is 0.123 e. The first-order valence-electron chi connectivity index (χ1n) is 5.27. The van der Waals surface area contributed by atoms with Gasteiger partial charge in [-0.15, -0.1) is 0 Å². The zero-order chi connectivity index (χ0) is 11.8. The fourth-order valence-electron chi connectivity index (χ4n) is 1.97. The molecule has 2 aromatic carbocycles. The maximum Gasteiger partial charge on any atom is 0.123 e. The van der Waals surface area contributed by atoms with Crippen LogP contribution in [0.5, 0.6) is 0 Å². The van der Waals surface area contributed by atoms with Crippen LogP contribution in [0.3, 0.4) is 0 Å². The number of hydrogen-bond donors (Lipinski definition) is 0. The van der Waals surface area contributed by atoms with Gasteiger partial charge in [-0.05, 0) is 36.4 Å². The molecule has 0 unspecified atom stereocenters. The van der Waals surface area contributed by atoms with Gasteiger partial charge < -0.3 is 4.57 Å². The highest BCUT2D eigenvalue weighted by Crippen LogP contribution is 2.25. The van der Waals surface area contributed by atoms with Crippen LogP contribution < -0.4 is 0 Å². The van der Waals surface area contributed by atoms with Crippen molar-refractivity contribution in [2.24, 2.45) is 0 Å². The van der Waals surface area contributed by atoms with Gasteiger partial charge >= 0.3 is 0 Å². The zero-order valence-corrected chi connectivity index (χ0v) is 9.66. The molecule has 3 aromatic rings. The van der Waals surface area contributed by atoms with Gasteiger partial charge in [-0.3, -0.25) is 0 Å². The van der Waals surface area contributed by atoms with E-state index in [2.05, 4.69) is 0 Å². The molecule has 3 rings (SSSR count). The summed E-state index contributed by atoms with van der Waals surface area (Å²) < 4.78 is 15.0. The van der Waals surface area contributed by atoms with E-state index in [0.29, 0.717) is 5.02 Å². The van der Waals surface area contributed by atoms with Crippen LogP contribution in [0.25, 0.3) is 16.6 Å². The number of benzene rings is 2. The van der Waals surface area contributed by atoms with E-state index in [1.165, 1.54) is 12.1 Å². The van der Waals surface area contributed by atoms with E-state index in [4.69, 9.17) is 11.6 Å². The van der Waals surface area contributed by atoms with Crippen molar-refractivity contribution in [2.45, 2.75) is 0 Å². The topological polar surface area (TPSA) is 4.93 Å². The van der Waals surface area contributed by atoms with Crippen LogP contribution in [0.2, 0.25) is 5.02 Å². The van der Waals surface area contributed by atoms with E-state index < -0.39 is 0 Å². The Labute approximate surface area is 103 Å². The van der Waals surface area contributed by atoms with Crippen molar-refractivity contribution in [2.75, 3.05) is 0 Å². The summed E-state index contributed by atoms with van der Waals surface area (Å²) in [5.74, 6) is -0.227. The number of para-hydroxylation sites is 1. The van der Waals surface area contributed by atoms with Gasteiger partial charge in [0.15, 0.2) is 0 Å². The Hall–Kier alpha value is -1.80. The van der Waals surface area contributed by atoms with Crippen LogP contribution in [-0.4, -0.2) is 4.57 Å². The molecule has 0 atom stereocenters. The predicted octanol–water partition coefficient (Wildman–Crippen LogP) is 4.42. The fraction of sp³-hybridized carbons (Fsp3) is 0. The van der Waals surface area contributed by atoms with Crippen LogP contribution in [0.15, 0.2) is 54.7 Å². The van der Waals surface area contributed by atoms with Crippen LogP contribution >= 0.6 is 11.6 Å². The van der Waals surface area contributed by atoms with E-state index in [9.17, 15) is 4.39 Å². The fourth-order valence-corrected chi connectivity index (χ4v) is 2.20. The van der Waals surface area contributed by atoms with Crippen molar-refractivity contribution in [3.05, 3.63) is 65.6 Å². The summed E-state index contributed by atoms with van der Waals surface area (Å²) in [6.45, 7) is 0. The standard InChI is InChI=1S/C14H9ClFN/c15-12-3-1-2-4-14(12)17-8-7-10-9-11(16)5-6-13(10)17/h1-9H. The van der Waals surface area contributed by atoms with E-state index >= 15 is 0 Å². The molecule has 1 aromatic heterocycles. The van der Waals surface area contributed by atoms with Gasteiger partial charge in [-0.25, -0.2) is 4.39 Å². The molecule has 3 heteroatoms. The van der Waals surface area contributed by atoms with Crippen molar-refractivity contribution in [3.63, 3.8) is 0 Å². The van der Waals surface area contributed by atoms with E-state index in [-0.39, 0.29) is 5.82 Å². The zero-order valence-electron chi connectivity index (χ0n) is 8.90. The minimum Gasteiger partial charge on any atom is -0.315 e.